The van der Waals surface area contributed by atoms with Crippen LogP contribution in [-0.2, 0) is 17.4 Å². The quantitative estimate of drug-likeness (QED) is 0.721. The molecule has 0 unspecified atom stereocenters. The maximum Gasteiger partial charge on any atom is 0.417 e. The largest absolute Gasteiger partial charge is 0.417 e. The number of pyridine rings is 1. The van der Waals surface area contributed by atoms with Crippen molar-refractivity contribution >= 4 is 5.91 Å². The molecule has 1 aliphatic carbocycles. The Kier molecular flexibility index (Phi) is 6.39. The van der Waals surface area contributed by atoms with Gasteiger partial charge in [0.1, 0.15) is 0 Å². The molecule has 0 saturated heterocycles. The van der Waals surface area contributed by atoms with Crippen LogP contribution in [0.5, 0.6) is 0 Å². The molecule has 0 aromatic carbocycles. The standard InChI is InChI=1S/C21H25F3N4O/c1-14-18(12-20(29)25-11-10-16-6-4-3-5-7-16)15(2)28(27-14)19-9-8-17(13-26-19)21(22,23)24/h6,8-9,13H,3-5,7,10-12H2,1-2H3,(H,25,29). The van der Waals surface area contributed by atoms with E-state index in [-0.39, 0.29) is 18.1 Å². The Morgan fingerprint density at radius 2 is 2.03 bits per heavy atom. The van der Waals surface area contributed by atoms with Gasteiger partial charge < -0.3 is 5.32 Å². The van der Waals surface area contributed by atoms with E-state index in [1.807, 2.05) is 0 Å². The van der Waals surface area contributed by atoms with Gasteiger partial charge in [-0.1, -0.05) is 11.6 Å². The van der Waals surface area contributed by atoms with Crippen LogP contribution in [0.15, 0.2) is 30.0 Å². The van der Waals surface area contributed by atoms with Crippen molar-refractivity contribution in [3.05, 3.63) is 52.5 Å². The molecular formula is C21H25F3N4O. The SMILES string of the molecule is Cc1nn(-c2ccc(C(F)(F)F)cn2)c(C)c1CC(=O)NCCC1=CCCCC1. The molecule has 2 aromatic heterocycles. The highest BCUT2D eigenvalue weighted by atomic mass is 19.4. The Labute approximate surface area is 168 Å². The molecule has 0 aliphatic heterocycles. The molecule has 0 spiro atoms. The highest BCUT2D eigenvalue weighted by Crippen LogP contribution is 2.29. The van der Waals surface area contributed by atoms with Gasteiger partial charge in [0.25, 0.3) is 0 Å². The van der Waals surface area contributed by atoms with Crippen LogP contribution in [0.25, 0.3) is 5.82 Å². The van der Waals surface area contributed by atoms with Gasteiger partial charge >= 0.3 is 6.18 Å². The van der Waals surface area contributed by atoms with Gasteiger partial charge in [-0.05, 0) is 58.1 Å². The molecule has 0 bridgehead atoms. The van der Waals surface area contributed by atoms with Crippen molar-refractivity contribution < 1.29 is 18.0 Å². The third-order valence-electron chi connectivity index (χ3n) is 5.22. The molecule has 0 saturated carbocycles. The van der Waals surface area contributed by atoms with Crippen LogP contribution in [0.2, 0.25) is 0 Å². The average Bonchev–Trinajstić information content (AvgIpc) is 2.96. The Morgan fingerprint density at radius 1 is 1.24 bits per heavy atom. The summed E-state index contributed by atoms with van der Waals surface area (Å²) < 4.78 is 39.6. The Hall–Kier alpha value is -2.64. The fourth-order valence-corrected chi connectivity index (χ4v) is 3.55. The summed E-state index contributed by atoms with van der Waals surface area (Å²) >= 11 is 0. The van der Waals surface area contributed by atoms with Crippen molar-refractivity contribution in [3.63, 3.8) is 0 Å². The molecule has 0 fully saturated rings. The molecule has 2 aromatic rings. The highest BCUT2D eigenvalue weighted by molar-refractivity contribution is 5.79. The normalized spacial score (nSPS) is 14.6. The van der Waals surface area contributed by atoms with Crippen LogP contribution in [0.3, 0.4) is 0 Å². The molecule has 0 radical (unpaired) electrons. The maximum atomic E-state index is 12.7. The Balaban J connectivity index is 1.64. The minimum absolute atomic E-state index is 0.0902. The second-order valence-corrected chi connectivity index (χ2v) is 7.35. The first kappa shape index (κ1) is 21.1. The van der Waals surface area contributed by atoms with Crippen molar-refractivity contribution in [1.29, 1.82) is 0 Å². The molecule has 8 heteroatoms. The number of alkyl halides is 3. The van der Waals surface area contributed by atoms with Crippen molar-refractivity contribution in [3.8, 4) is 5.82 Å². The number of hydrogen-bond donors (Lipinski definition) is 1. The number of aryl methyl sites for hydroxylation is 1. The van der Waals surface area contributed by atoms with E-state index < -0.39 is 11.7 Å². The summed E-state index contributed by atoms with van der Waals surface area (Å²) in [5.41, 5.74) is 2.72. The topological polar surface area (TPSA) is 59.8 Å². The lowest BCUT2D eigenvalue weighted by Gasteiger charge is -2.13. The minimum atomic E-state index is -4.43. The van der Waals surface area contributed by atoms with E-state index >= 15 is 0 Å². The van der Waals surface area contributed by atoms with Crippen molar-refractivity contribution in [2.45, 2.75) is 58.5 Å². The summed E-state index contributed by atoms with van der Waals surface area (Å²) in [6.45, 7) is 4.18. The summed E-state index contributed by atoms with van der Waals surface area (Å²) in [4.78, 5) is 16.2. The first-order valence-corrected chi connectivity index (χ1v) is 9.79. The summed E-state index contributed by atoms with van der Waals surface area (Å²) in [6.07, 6.45) is 4.37. The minimum Gasteiger partial charge on any atom is -0.355 e. The molecule has 5 nitrogen and oxygen atoms in total. The van der Waals surface area contributed by atoms with Crippen LogP contribution < -0.4 is 5.32 Å². The predicted octanol–water partition coefficient (Wildman–Crippen LogP) is 4.45. The second-order valence-electron chi connectivity index (χ2n) is 7.35. The first-order valence-electron chi connectivity index (χ1n) is 9.79. The van der Waals surface area contributed by atoms with Crippen LogP contribution in [0.4, 0.5) is 13.2 Å². The zero-order valence-corrected chi connectivity index (χ0v) is 16.6. The zero-order chi connectivity index (χ0) is 21.0. The fraction of sp³-hybridized carbons (Fsp3) is 0.476. The Bertz CT molecular complexity index is 898. The van der Waals surface area contributed by atoms with Gasteiger partial charge in [0, 0.05) is 24.0 Å². The third kappa shape index (κ3) is 5.25. The van der Waals surface area contributed by atoms with E-state index in [9.17, 15) is 18.0 Å². The number of allylic oxidation sites excluding steroid dienone is 1. The molecule has 0 atom stereocenters. The number of nitrogens with one attached hydrogen (secondary N) is 1. The summed E-state index contributed by atoms with van der Waals surface area (Å²) in [6, 6.07) is 2.26. The number of hydrogen-bond acceptors (Lipinski definition) is 3. The van der Waals surface area contributed by atoms with Gasteiger partial charge in [0.2, 0.25) is 5.91 Å². The summed E-state index contributed by atoms with van der Waals surface area (Å²) in [5.74, 6) is 0.196. The lowest BCUT2D eigenvalue weighted by atomic mass is 9.97. The van der Waals surface area contributed by atoms with Gasteiger partial charge in [-0.2, -0.15) is 18.3 Å². The smallest absolute Gasteiger partial charge is 0.355 e. The molecule has 1 amide bonds. The zero-order valence-electron chi connectivity index (χ0n) is 16.6. The van der Waals surface area contributed by atoms with Crippen LogP contribution in [0, 0.1) is 13.8 Å². The monoisotopic (exact) mass is 406 g/mol. The van der Waals surface area contributed by atoms with E-state index in [4.69, 9.17) is 0 Å². The number of carbonyl (C=O) groups is 1. The van der Waals surface area contributed by atoms with E-state index in [2.05, 4.69) is 21.5 Å². The van der Waals surface area contributed by atoms with Gasteiger partial charge in [0.15, 0.2) is 5.82 Å². The van der Waals surface area contributed by atoms with Gasteiger partial charge in [-0.15, -0.1) is 0 Å². The predicted molar refractivity (Wildman–Crippen MR) is 104 cm³/mol. The van der Waals surface area contributed by atoms with Gasteiger partial charge in [-0.3, -0.25) is 4.79 Å². The fourth-order valence-electron chi connectivity index (χ4n) is 3.55. The Morgan fingerprint density at radius 3 is 2.66 bits per heavy atom. The molecule has 2 heterocycles. The summed E-state index contributed by atoms with van der Waals surface area (Å²) in [5, 5.41) is 7.31. The number of amides is 1. The number of carbonyl (C=O) groups excluding carboxylic acids is 1. The second kappa shape index (κ2) is 8.80. The lowest BCUT2D eigenvalue weighted by molar-refractivity contribution is -0.137. The lowest BCUT2D eigenvalue weighted by Crippen LogP contribution is -2.26. The maximum absolute atomic E-state index is 12.7. The van der Waals surface area contributed by atoms with Crippen molar-refractivity contribution in [2.75, 3.05) is 6.54 Å². The molecule has 1 N–H and O–H groups in total. The molecule has 3 rings (SSSR count). The first-order chi connectivity index (χ1) is 13.8. The van der Waals surface area contributed by atoms with Gasteiger partial charge in [0.05, 0.1) is 17.7 Å². The van der Waals surface area contributed by atoms with E-state index in [0.29, 0.717) is 17.9 Å². The number of nitrogens with zero attached hydrogens (tertiary/aromatic N) is 3. The molecule has 29 heavy (non-hydrogen) atoms. The molecule has 1 aliphatic rings. The van der Waals surface area contributed by atoms with E-state index in [0.717, 1.165) is 37.1 Å². The van der Waals surface area contributed by atoms with Crippen LogP contribution in [0.1, 0.15) is 54.6 Å². The van der Waals surface area contributed by atoms with Crippen molar-refractivity contribution in [2.24, 2.45) is 0 Å². The number of rotatable bonds is 6. The highest BCUT2D eigenvalue weighted by Gasteiger charge is 2.30. The third-order valence-corrected chi connectivity index (χ3v) is 5.22. The summed E-state index contributed by atoms with van der Waals surface area (Å²) in [7, 11) is 0. The van der Waals surface area contributed by atoms with Gasteiger partial charge in [-0.25, -0.2) is 9.67 Å². The number of aromatic nitrogens is 3. The molecule has 156 valence electrons. The average molecular weight is 406 g/mol. The van der Waals surface area contributed by atoms with E-state index in [1.165, 1.54) is 29.2 Å². The number of halogens is 3. The molecular weight excluding hydrogens is 381 g/mol. The van der Waals surface area contributed by atoms with Crippen LogP contribution >= 0.6 is 0 Å². The van der Waals surface area contributed by atoms with Crippen LogP contribution in [-0.4, -0.2) is 27.2 Å². The van der Waals surface area contributed by atoms with E-state index in [1.54, 1.807) is 13.8 Å². The van der Waals surface area contributed by atoms with Crippen molar-refractivity contribution in [1.82, 2.24) is 20.1 Å².